The van der Waals surface area contributed by atoms with Crippen molar-refractivity contribution in [1.82, 2.24) is 0 Å². The van der Waals surface area contributed by atoms with E-state index in [0.717, 1.165) is 44.5 Å². The van der Waals surface area contributed by atoms with Crippen LogP contribution in [0.5, 0.6) is 0 Å². The van der Waals surface area contributed by atoms with Crippen LogP contribution in [0.15, 0.2) is 72.8 Å². The highest BCUT2D eigenvalue weighted by Gasteiger charge is 2.23. The predicted octanol–water partition coefficient (Wildman–Crippen LogP) is 6.34. The summed E-state index contributed by atoms with van der Waals surface area (Å²) in [6.45, 7) is 0. The molecule has 0 aliphatic heterocycles. The molecule has 0 bridgehead atoms. The third kappa shape index (κ3) is 2.55. The lowest BCUT2D eigenvalue weighted by Gasteiger charge is -2.07. The maximum absolute atomic E-state index is 13.6. The van der Waals surface area contributed by atoms with E-state index in [-0.39, 0.29) is 17.4 Å². The highest BCUT2D eigenvalue weighted by molar-refractivity contribution is 6.10. The molecule has 0 spiro atoms. The van der Waals surface area contributed by atoms with Gasteiger partial charge in [-0.15, -0.1) is 0 Å². The SMILES string of the molecule is O=C(c1ccc2c(c1)Cc1cc(F)ccc1-2)c1ccc2c(c1)Cc1cc(F)ccc1-2. The second kappa shape index (κ2) is 6.20. The molecule has 144 valence electrons. The summed E-state index contributed by atoms with van der Waals surface area (Å²) in [6.07, 6.45) is 1.27. The minimum absolute atomic E-state index is 0.0372. The summed E-state index contributed by atoms with van der Waals surface area (Å²) in [5, 5.41) is 0. The van der Waals surface area contributed by atoms with Gasteiger partial charge in [0.25, 0.3) is 0 Å². The predicted molar refractivity (Wildman–Crippen MR) is 113 cm³/mol. The van der Waals surface area contributed by atoms with Crippen molar-refractivity contribution >= 4 is 5.78 Å². The molecule has 0 saturated heterocycles. The molecule has 0 amide bonds. The molecule has 30 heavy (non-hydrogen) atoms. The van der Waals surface area contributed by atoms with Crippen LogP contribution in [0.4, 0.5) is 8.78 Å². The maximum atomic E-state index is 13.6. The minimum atomic E-state index is -0.239. The Morgan fingerprint density at radius 2 is 0.900 bits per heavy atom. The summed E-state index contributed by atoms with van der Waals surface area (Å²) in [7, 11) is 0. The summed E-state index contributed by atoms with van der Waals surface area (Å²) >= 11 is 0. The van der Waals surface area contributed by atoms with Gasteiger partial charge in [-0.25, -0.2) is 8.78 Å². The Bertz CT molecular complexity index is 1280. The van der Waals surface area contributed by atoms with Gasteiger partial charge in [0.15, 0.2) is 5.78 Å². The fourth-order valence-electron chi connectivity index (χ4n) is 4.81. The maximum Gasteiger partial charge on any atom is 0.193 e. The minimum Gasteiger partial charge on any atom is -0.289 e. The van der Waals surface area contributed by atoms with Crippen molar-refractivity contribution in [2.75, 3.05) is 0 Å². The fraction of sp³-hybridized carbons (Fsp3) is 0.0741. The summed E-state index contributed by atoms with van der Waals surface area (Å²) in [5.41, 5.74) is 9.46. The average Bonchev–Trinajstić information content (AvgIpc) is 3.28. The molecule has 1 nitrogen and oxygen atoms in total. The monoisotopic (exact) mass is 394 g/mol. The Morgan fingerprint density at radius 1 is 0.533 bits per heavy atom. The first kappa shape index (κ1) is 17.3. The molecule has 0 fully saturated rings. The summed E-state index contributed by atoms with van der Waals surface area (Å²) < 4.78 is 27.1. The van der Waals surface area contributed by atoms with Crippen LogP contribution in [0, 0.1) is 11.6 Å². The quantitative estimate of drug-likeness (QED) is 0.313. The van der Waals surface area contributed by atoms with Crippen LogP contribution < -0.4 is 0 Å². The first-order valence-electron chi connectivity index (χ1n) is 9.95. The molecule has 4 aromatic carbocycles. The molecule has 0 N–H and O–H groups in total. The number of ketones is 1. The largest absolute Gasteiger partial charge is 0.289 e. The van der Waals surface area contributed by atoms with Crippen LogP contribution in [0.3, 0.4) is 0 Å². The van der Waals surface area contributed by atoms with Gasteiger partial charge in [0.1, 0.15) is 11.6 Å². The molecule has 0 unspecified atom stereocenters. The van der Waals surface area contributed by atoms with Gasteiger partial charge in [0.05, 0.1) is 0 Å². The van der Waals surface area contributed by atoms with Gasteiger partial charge in [0, 0.05) is 11.1 Å². The highest BCUT2D eigenvalue weighted by atomic mass is 19.1. The van der Waals surface area contributed by atoms with E-state index in [0.29, 0.717) is 24.0 Å². The summed E-state index contributed by atoms with van der Waals surface area (Å²) in [5.74, 6) is -0.515. The van der Waals surface area contributed by atoms with E-state index in [4.69, 9.17) is 0 Å². The van der Waals surface area contributed by atoms with Crippen LogP contribution in [-0.4, -0.2) is 5.78 Å². The Kier molecular flexibility index (Phi) is 3.57. The van der Waals surface area contributed by atoms with Crippen molar-refractivity contribution in [3.63, 3.8) is 0 Å². The second-order valence-electron chi connectivity index (χ2n) is 8.03. The number of carbonyl (C=O) groups excluding carboxylic acids is 1. The first-order chi connectivity index (χ1) is 14.6. The molecule has 0 radical (unpaired) electrons. The topological polar surface area (TPSA) is 17.1 Å². The summed E-state index contributed by atoms with van der Waals surface area (Å²) in [6, 6.07) is 21.1. The van der Waals surface area contributed by atoms with Gasteiger partial charge >= 0.3 is 0 Å². The van der Waals surface area contributed by atoms with Crippen LogP contribution in [0.1, 0.15) is 38.2 Å². The lowest BCUT2D eigenvalue weighted by Crippen LogP contribution is -2.03. The van der Waals surface area contributed by atoms with Crippen molar-refractivity contribution in [3.05, 3.63) is 118 Å². The molecule has 4 aromatic rings. The number of fused-ring (bicyclic) bond motifs is 6. The molecular weight excluding hydrogens is 378 g/mol. The van der Waals surface area contributed by atoms with Gasteiger partial charge in [0.2, 0.25) is 0 Å². The average molecular weight is 394 g/mol. The van der Waals surface area contributed by atoms with Gasteiger partial charge in [-0.2, -0.15) is 0 Å². The molecule has 0 aromatic heterocycles. The standard InChI is InChI=1S/C27H16F2O/c28-21-3-7-25-19(13-21)11-17-9-15(1-5-23(17)25)27(30)16-2-6-24-18(10-16)12-20-14-22(29)4-8-26(20)24/h1-10,13-14H,11-12H2. The number of rotatable bonds is 2. The van der Waals surface area contributed by atoms with E-state index >= 15 is 0 Å². The molecular formula is C27H16F2O. The Labute approximate surface area is 172 Å². The zero-order valence-electron chi connectivity index (χ0n) is 16.0. The zero-order chi connectivity index (χ0) is 20.4. The van der Waals surface area contributed by atoms with Crippen LogP contribution in [0.2, 0.25) is 0 Å². The normalized spacial score (nSPS) is 12.9. The second-order valence-corrected chi connectivity index (χ2v) is 8.03. The first-order valence-corrected chi connectivity index (χ1v) is 9.95. The van der Waals surface area contributed by atoms with Gasteiger partial charge in [-0.05, 0) is 93.7 Å². The van der Waals surface area contributed by atoms with Crippen LogP contribution in [0.25, 0.3) is 22.3 Å². The number of hydrogen-bond donors (Lipinski definition) is 0. The molecule has 0 heterocycles. The zero-order valence-corrected chi connectivity index (χ0v) is 16.0. The van der Waals surface area contributed by atoms with Crippen LogP contribution >= 0.6 is 0 Å². The molecule has 6 rings (SSSR count). The molecule has 0 atom stereocenters. The lowest BCUT2D eigenvalue weighted by atomic mass is 9.96. The Morgan fingerprint density at radius 3 is 1.33 bits per heavy atom. The van der Waals surface area contributed by atoms with Crippen molar-refractivity contribution in [1.29, 1.82) is 0 Å². The van der Waals surface area contributed by atoms with E-state index in [9.17, 15) is 13.6 Å². The Hall–Kier alpha value is -3.59. The van der Waals surface area contributed by atoms with Gasteiger partial charge < -0.3 is 0 Å². The molecule has 2 aliphatic rings. The molecule has 0 saturated carbocycles. The van der Waals surface area contributed by atoms with Crippen molar-refractivity contribution in [2.45, 2.75) is 12.8 Å². The third-order valence-corrected chi connectivity index (χ3v) is 6.21. The van der Waals surface area contributed by atoms with Gasteiger partial charge in [-0.3, -0.25) is 4.79 Å². The number of benzene rings is 4. The number of halogens is 2. The van der Waals surface area contributed by atoms with E-state index in [1.54, 1.807) is 24.3 Å². The van der Waals surface area contributed by atoms with Crippen molar-refractivity contribution < 1.29 is 13.6 Å². The van der Waals surface area contributed by atoms with Gasteiger partial charge in [-0.1, -0.05) is 36.4 Å². The van der Waals surface area contributed by atoms with E-state index in [1.807, 2.05) is 36.4 Å². The van der Waals surface area contributed by atoms with Crippen LogP contribution in [-0.2, 0) is 12.8 Å². The highest BCUT2D eigenvalue weighted by Crippen LogP contribution is 2.39. The molecule has 3 heteroatoms. The van der Waals surface area contributed by atoms with E-state index in [1.165, 1.54) is 12.1 Å². The fourth-order valence-corrected chi connectivity index (χ4v) is 4.81. The van der Waals surface area contributed by atoms with Crippen molar-refractivity contribution in [3.8, 4) is 22.3 Å². The Balaban J connectivity index is 1.34. The van der Waals surface area contributed by atoms with Crippen molar-refractivity contribution in [2.24, 2.45) is 0 Å². The lowest BCUT2D eigenvalue weighted by molar-refractivity contribution is 0.103. The molecule has 2 aliphatic carbocycles. The van der Waals surface area contributed by atoms with E-state index in [2.05, 4.69) is 0 Å². The summed E-state index contributed by atoms with van der Waals surface area (Å²) in [4.78, 5) is 13.2. The third-order valence-electron chi connectivity index (χ3n) is 6.21. The van der Waals surface area contributed by atoms with E-state index < -0.39 is 0 Å². The number of hydrogen-bond acceptors (Lipinski definition) is 1. The smallest absolute Gasteiger partial charge is 0.193 e. The number of carbonyl (C=O) groups is 1.